The van der Waals surface area contributed by atoms with Crippen LogP contribution in [0.3, 0.4) is 0 Å². The summed E-state index contributed by atoms with van der Waals surface area (Å²) in [5, 5.41) is 3.01. The first-order chi connectivity index (χ1) is 12.6. The van der Waals surface area contributed by atoms with E-state index in [1.807, 2.05) is 0 Å². The molecule has 0 radical (unpaired) electrons. The lowest BCUT2D eigenvalue weighted by Gasteiger charge is -2.34. The van der Waals surface area contributed by atoms with E-state index in [9.17, 15) is 4.79 Å². The Balaban J connectivity index is 1.65. The van der Waals surface area contributed by atoms with Crippen molar-refractivity contribution < 1.29 is 19.0 Å². The van der Waals surface area contributed by atoms with Gasteiger partial charge in [-0.05, 0) is 51.3 Å². The van der Waals surface area contributed by atoms with Crippen LogP contribution in [0, 0.1) is 0 Å². The molecule has 2 saturated heterocycles. The molecule has 2 aliphatic rings. The molecular weight excluding hydrogens is 332 g/mol. The van der Waals surface area contributed by atoms with Crippen LogP contribution in [0.15, 0.2) is 18.2 Å². The first kappa shape index (κ1) is 19.0. The highest BCUT2D eigenvalue weighted by molar-refractivity contribution is 5.95. The van der Waals surface area contributed by atoms with Gasteiger partial charge in [-0.2, -0.15) is 0 Å². The van der Waals surface area contributed by atoms with Crippen LogP contribution in [0.5, 0.6) is 11.5 Å². The van der Waals surface area contributed by atoms with E-state index < -0.39 is 0 Å². The molecule has 1 atom stereocenters. The molecule has 0 aliphatic carbocycles. The fourth-order valence-electron chi connectivity index (χ4n) is 3.52. The Morgan fingerprint density at radius 1 is 1.23 bits per heavy atom. The van der Waals surface area contributed by atoms with E-state index in [0.29, 0.717) is 36.3 Å². The lowest BCUT2D eigenvalue weighted by atomic mass is 10.1. The summed E-state index contributed by atoms with van der Waals surface area (Å²) >= 11 is 0. The van der Waals surface area contributed by atoms with Crippen molar-refractivity contribution in [1.29, 1.82) is 0 Å². The number of ether oxygens (including phenoxy) is 3. The number of methoxy groups -OCH3 is 1. The van der Waals surface area contributed by atoms with E-state index in [0.717, 1.165) is 32.4 Å². The van der Waals surface area contributed by atoms with Crippen LogP contribution in [0.25, 0.3) is 0 Å². The predicted octanol–water partition coefficient (Wildman–Crippen LogP) is 2.47. The predicted molar refractivity (Wildman–Crippen MR) is 100 cm³/mol. The molecular formula is C20H30N2O4. The van der Waals surface area contributed by atoms with Gasteiger partial charge in [0.25, 0.3) is 5.91 Å². The standard InChI is InChI=1S/C20H30N2O4/c1-14(2)22-9-6-17(7-10-22)26-19-12-15(4-5-18(19)24-3)20(23)21-16-8-11-25-13-16/h4-5,12,14,16-17H,6-11,13H2,1-3H3,(H,21,23)/t16-/m1/s1. The average molecular weight is 362 g/mol. The summed E-state index contributed by atoms with van der Waals surface area (Å²) in [7, 11) is 1.62. The quantitative estimate of drug-likeness (QED) is 0.842. The van der Waals surface area contributed by atoms with Crippen molar-refractivity contribution in [2.45, 2.75) is 51.3 Å². The molecule has 3 rings (SSSR count). The van der Waals surface area contributed by atoms with E-state index >= 15 is 0 Å². The van der Waals surface area contributed by atoms with Gasteiger partial charge in [-0.1, -0.05) is 0 Å². The van der Waals surface area contributed by atoms with E-state index in [4.69, 9.17) is 14.2 Å². The molecule has 0 saturated carbocycles. The summed E-state index contributed by atoms with van der Waals surface area (Å²) in [5.74, 6) is 1.21. The smallest absolute Gasteiger partial charge is 0.251 e. The average Bonchev–Trinajstić information content (AvgIpc) is 3.15. The number of hydrogen-bond acceptors (Lipinski definition) is 5. The van der Waals surface area contributed by atoms with Gasteiger partial charge in [0.2, 0.25) is 0 Å². The van der Waals surface area contributed by atoms with E-state index in [2.05, 4.69) is 24.1 Å². The van der Waals surface area contributed by atoms with Gasteiger partial charge < -0.3 is 24.4 Å². The van der Waals surface area contributed by atoms with Crippen molar-refractivity contribution in [3.05, 3.63) is 23.8 Å². The first-order valence-electron chi connectivity index (χ1n) is 9.54. The van der Waals surface area contributed by atoms with Crippen molar-refractivity contribution in [3.8, 4) is 11.5 Å². The Hall–Kier alpha value is -1.79. The van der Waals surface area contributed by atoms with Crippen molar-refractivity contribution in [2.24, 2.45) is 0 Å². The zero-order valence-electron chi connectivity index (χ0n) is 16.0. The second kappa shape index (κ2) is 8.73. The number of hydrogen-bond donors (Lipinski definition) is 1. The number of amides is 1. The van der Waals surface area contributed by atoms with Gasteiger partial charge in [0.1, 0.15) is 6.10 Å². The molecule has 0 aromatic heterocycles. The summed E-state index contributed by atoms with van der Waals surface area (Å²) in [5.41, 5.74) is 0.590. The molecule has 6 heteroatoms. The number of likely N-dealkylation sites (tertiary alicyclic amines) is 1. The van der Waals surface area contributed by atoms with Gasteiger partial charge in [-0.15, -0.1) is 0 Å². The highest BCUT2D eigenvalue weighted by atomic mass is 16.5. The summed E-state index contributed by atoms with van der Waals surface area (Å²) in [6.07, 6.45) is 2.98. The Labute approximate surface area is 155 Å². The molecule has 0 spiro atoms. The first-order valence-corrected chi connectivity index (χ1v) is 9.54. The molecule has 0 bridgehead atoms. The highest BCUT2D eigenvalue weighted by Crippen LogP contribution is 2.31. The van der Waals surface area contributed by atoms with Gasteiger partial charge in [-0.25, -0.2) is 0 Å². The minimum absolute atomic E-state index is 0.0920. The second-order valence-corrected chi connectivity index (χ2v) is 7.35. The monoisotopic (exact) mass is 362 g/mol. The maximum absolute atomic E-state index is 12.5. The number of benzene rings is 1. The number of carbonyl (C=O) groups is 1. The number of rotatable bonds is 6. The zero-order valence-corrected chi connectivity index (χ0v) is 16.0. The van der Waals surface area contributed by atoms with Crippen LogP contribution >= 0.6 is 0 Å². The minimum Gasteiger partial charge on any atom is -0.493 e. The molecule has 6 nitrogen and oxygen atoms in total. The van der Waals surface area contributed by atoms with E-state index in [-0.39, 0.29) is 18.1 Å². The third kappa shape index (κ3) is 4.68. The van der Waals surface area contributed by atoms with Gasteiger partial charge in [0, 0.05) is 31.3 Å². The van der Waals surface area contributed by atoms with Crippen LogP contribution < -0.4 is 14.8 Å². The Morgan fingerprint density at radius 3 is 2.62 bits per heavy atom. The lowest BCUT2D eigenvalue weighted by Crippen LogP contribution is -2.41. The van der Waals surface area contributed by atoms with E-state index in [1.165, 1.54) is 0 Å². The van der Waals surface area contributed by atoms with Gasteiger partial charge in [0.15, 0.2) is 11.5 Å². The van der Waals surface area contributed by atoms with Crippen LogP contribution in [0.2, 0.25) is 0 Å². The molecule has 1 amide bonds. The maximum Gasteiger partial charge on any atom is 0.251 e. The normalized spacial score (nSPS) is 21.8. The molecule has 144 valence electrons. The van der Waals surface area contributed by atoms with Crippen molar-refractivity contribution in [3.63, 3.8) is 0 Å². The number of nitrogens with one attached hydrogen (secondary N) is 1. The fourth-order valence-corrected chi connectivity index (χ4v) is 3.52. The van der Waals surface area contributed by atoms with Gasteiger partial charge in [-0.3, -0.25) is 4.79 Å². The number of piperidine rings is 1. The third-order valence-electron chi connectivity index (χ3n) is 5.19. The molecule has 1 aromatic rings. The number of carbonyl (C=O) groups excluding carboxylic acids is 1. The molecule has 26 heavy (non-hydrogen) atoms. The second-order valence-electron chi connectivity index (χ2n) is 7.35. The minimum atomic E-state index is -0.0948. The van der Waals surface area contributed by atoms with Crippen molar-refractivity contribution in [1.82, 2.24) is 10.2 Å². The van der Waals surface area contributed by atoms with Gasteiger partial charge >= 0.3 is 0 Å². The Bertz CT molecular complexity index is 606. The largest absolute Gasteiger partial charge is 0.493 e. The topological polar surface area (TPSA) is 60.0 Å². The van der Waals surface area contributed by atoms with Crippen molar-refractivity contribution >= 4 is 5.91 Å². The summed E-state index contributed by atoms with van der Waals surface area (Å²) in [6, 6.07) is 6.03. The third-order valence-corrected chi connectivity index (χ3v) is 5.19. The highest BCUT2D eigenvalue weighted by Gasteiger charge is 2.24. The summed E-state index contributed by atoms with van der Waals surface area (Å²) < 4.78 is 17.0. The Morgan fingerprint density at radius 2 is 2.00 bits per heavy atom. The van der Waals surface area contributed by atoms with E-state index in [1.54, 1.807) is 25.3 Å². The van der Waals surface area contributed by atoms with Crippen LogP contribution in [-0.4, -0.2) is 62.4 Å². The van der Waals surface area contributed by atoms with Crippen LogP contribution in [0.4, 0.5) is 0 Å². The van der Waals surface area contributed by atoms with Crippen LogP contribution in [0.1, 0.15) is 43.5 Å². The number of nitrogens with zero attached hydrogens (tertiary/aromatic N) is 1. The molecule has 2 heterocycles. The molecule has 1 N–H and O–H groups in total. The fraction of sp³-hybridized carbons (Fsp3) is 0.650. The summed E-state index contributed by atoms with van der Waals surface area (Å²) in [6.45, 7) is 7.80. The SMILES string of the molecule is COc1ccc(C(=O)N[C@@H]2CCOC2)cc1OC1CCN(C(C)C)CC1. The Kier molecular flexibility index (Phi) is 6.38. The summed E-state index contributed by atoms with van der Waals surface area (Å²) in [4.78, 5) is 15.0. The van der Waals surface area contributed by atoms with Crippen LogP contribution in [-0.2, 0) is 4.74 Å². The maximum atomic E-state index is 12.5. The molecule has 2 aliphatic heterocycles. The van der Waals surface area contributed by atoms with Gasteiger partial charge in [0.05, 0.1) is 19.8 Å². The zero-order chi connectivity index (χ0) is 18.5. The lowest BCUT2D eigenvalue weighted by molar-refractivity contribution is 0.0818. The van der Waals surface area contributed by atoms with Crippen molar-refractivity contribution in [2.75, 3.05) is 33.4 Å². The molecule has 1 aromatic carbocycles. The molecule has 0 unspecified atom stereocenters. The molecule has 2 fully saturated rings.